The fraction of sp³-hybridized carbons (Fsp3) is 0.263. The van der Waals surface area contributed by atoms with Crippen LogP contribution in [0.2, 0.25) is 0 Å². The van der Waals surface area contributed by atoms with Crippen molar-refractivity contribution in [1.82, 2.24) is 5.32 Å². The Morgan fingerprint density at radius 3 is 2.63 bits per heavy atom. The van der Waals surface area contributed by atoms with Gasteiger partial charge in [-0.2, -0.15) is 8.78 Å². The van der Waals surface area contributed by atoms with Crippen LogP contribution in [0.5, 0.6) is 5.75 Å². The van der Waals surface area contributed by atoms with Crippen LogP contribution < -0.4 is 15.0 Å². The minimum atomic E-state index is -3.11. The van der Waals surface area contributed by atoms with Gasteiger partial charge in [-0.1, -0.05) is 12.1 Å². The van der Waals surface area contributed by atoms with Crippen molar-refractivity contribution in [2.75, 3.05) is 11.4 Å². The summed E-state index contributed by atoms with van der Waals surface area (Å²) in [5, 5.41) is 2.16. The Labute approximate surface area is 153 Å². The molecule has 0 radical (unpaired) electrons. The number of benzene rings is 2. The molecule has 2 aromatic rings. The zero-order valence-electron chi connectivity index (χ0n) is 14.2. The van der Waals surface area contributed by atoms with Crippen molar-refractivity contribution in [3.63, 3.8) is 0 Å². The highest BCUT2D eigenvalue weighted by molar-refractivity contribution is 5.97. The van der Waals surface area contributed by atoms with Crippen LogP contribution in [0.15, 0.2) is 48.5 Å². The summed E-state index contributed by atoms with van der Waals surface area (Å²) in [5.41, 5.74) is 1.26. The largest absolute Gasteiger partial charge is 0.489 e. The standard InChI is InChI=1S/C19H17F3N2O3/c20-13-3-1-2-12(8-13)11-27-16-6-4-15(5-7-16)24-10-14(9-17(24)25)23-19(26)18(21)22/h1-8,14,18H,9-11H2,(H,23,26)/t14-/m0/s1. The molecule has 1 heterocycles. The van der Waals surface area contributed by atoms with E-state index in [1.165, 1.54) is 17.0 Å². The number of alkyl halides is 2. The Bertz CT molecular complexity index is 827. The van der Waals surface area contributed by atoms with E-state index in [0.29, 0.717) is 17.0 Å². The SMILES string of the molecule is O=C(N[C@H]1CC(=O)N(c2ccc(OCc3cccc(F)c3)cc2)C1)C(F)F. The number of anilines is 1. The van der Waals surface area contributed by atoms with Gasteiger partial charge in [0.15, 0.2) is 0 Å². The molecule has 142 valence electrons. The molecule has 2 aromatic carbocycles. The van der Waals surface area contributed by atoms with E-state index in [2.05, 4.69) is 5.32 Å². The molecule has 1 aliphatic heterocycles. The molecule has 1 N–H and O–H groups in total. The number of halogens is 3. The Balaban J connectivity index is 1.58. The van der Waals surface area contributed by atoms with E-state index in [4.69, 9.17) is 4.74 Å². The first-order valence-electron chi connectivity index (χ1n) is 8.28. The molecule has 0 unspecified atom stereocenters. The Kier molecular flexibility index (Phi) is 5.63. The number of carbonyl (C=O) groups is 2. The first kappa shape index (κ1) is 18.8. The maximum absolute atomic E-state index is 13.1. The van der Waals surface area contributed by atoms with E-state index in [9.17, 15) is 22.8 Å². The topological polar surface area (TPSA) is 58.6 Å². The number of hydrogen-bond donors (Lipinski definition) is 1. The highest BCUT2D eigenvalue weighted by Crippen LogP contribution is 2.25. The lowest BCUT2D eigenvalue weighted by Gasteiger charge is -2.17. The van der Waals surface area contributed by atoms with Gasteiger partial charge in [0, 0.05) is 18.7 Å². The molecule has 1 aliphatic rings. The van der Waals surface area contributed by atoms with Crippen molar-refractivity contribution in [3.05, 3.63) is 59.9 Å². The van der Waals surface area contributed by atoms with Gasteiger partial charge in [-0.15, -0.1) is 0 Å². The van der Waals surface area contributed by atoms with Crippen molar-refractivity contribution < 1.29 is 27.5 Å². The molecular weight excluding hydrogens is 361 g/mol. The lowest BCUT2D eigenvalue weighted by molar-refractivity contribution is -0.132. The van der Waals surface area contributed by atoms with E-state index in [1.807, 2.05) is 0 Å². The number of rotatable bonds is 6. The summed E-state index contributed by atoms with van der Waals surface area (Å²) in [7, 11) is 0. The Hall–Kier alpha value is -3.03. The fourth-order valence-corrected chi connectivity index (χ4v) is 2.83. The van der Waals surface area contributed by atoms with E-state index >= 15 is 0 Å². The quantitative estimate of drug-likeness (QED) is 0.841. The molecular formula is C19H17F3N2O3. The summed E-state index contributed by atoms with van der Waals surface area (Å²) in [5.74, 6) is -1.44. The zero-order chi connectivity index (χ0) is 19.4. The highest BCUT2D eigenvalue weighted by Gasteiger charge is 2.33. The van der Waals surface area contributed by atoms with E-state index in [1.54, 1.807) is 36.4 Å². The number of hydrogen-bond acceptors (Lipinski definition) is 3. The number of nitrogens with zero attached hydrogens (tertiary/aromatic N) is 1. The summed E-state index contributed by atoms with van der Waals surface area (Å²) < 4.78 is 43.4. The molecule has 1 saturated heterocycles. The van der Waals surface area contributed by atoms with E-state index in [-0.39, 0.29) is 31.3 Å². The van der Waals surface area contributed by atoms with Crippen molar-refractivity contribution in [3.8, 4) is 5.75 Å². The van der Waals surface area contributed by atoms with Crippen molar-refractivity contribution in [1.29, 1.82) is 0 Å². The van der Waals surface area contributed by atoms with Crippen LogP contribution in [0.4, 0.5) is 18.9 Å². The maximum Gasteiger partial charge on any atom is 0.315 e. The molecule has 2 amide bonds. The van der Waals surface area contributed by atoms with Gasteiger partial charge in [-0.25, -0.2) is 4.39 Å². The van der Waals surface area contributed by atoms with Crippen molar-refractivity contribution in [2.24, 2.45) is 0 Å². The smallest absolute Gasteiger partial charge is 0.315 e. The first-order valence-corrected chi connectivity index (χ1v) is 8.28. The third kappa shape index (κ3) is 4.78. The van der Waals surface area contributed by atoms with Gasteiger partial charge in [0.05, 0.1) is 6.04 Å². The number of carbonyl (C=O) groups excluding carboxylic acids is 2. The monoisotopic (exact) mass is 378 g/mol. The average Bonchev–Trinajstić information content (AvgIpc) is 3.00. The van der Waals surface area contributed by atoms with Gasteiger partial charge in [0.2, 0.25) is 5.91 Å². The molecule has 0 spiro atoms. The molecule has 27 heavy (non-hydrogen) atoms. The second-order valence-corrected chi connectivity index (χ2v) is 6.13. The van der Waals surface area contributed by atoms with Crippen LogP contribution in [-0.2, 0) is 16.2 Å². The molecule has 0 saturated carbocycles. The van der Waals surface area contributed by atoms with E-state index in [0.717, 1.165) is 0 Å². The third-order valence-corrected chi connectivity index (χ3v) is 4.11. The molecule has 1 fully saturated rings. The summed E-state index contributed by atoms with van der Waals surface area (Å²) >= 11 is 0. The lowest BCUT2D eigenvalue weighted by Crippen LogP contribution is -2.40. The van der Waals surface area contributed by atoms with Crippen LogP contribution >= 0.6 is 0 Å². The second-order valence-electron chi connectivity index (χ2n) is 6.13. The van der Waals surface area contributed by atoms with Gasteiger partial charge in [0.1, 0.15) is 18.2 Å². The summed E-state index contributed by atoms with van der Waals surface area (Å²) in [6.45, 7) is 0.322. The van der Waals surface area contributed by atoms with Crippen LogP contribution in [0, 0.1) is 5.82 Å². The van der Waals surface area contributed by atoms with Gasteiger partial charge in [0.25, 0.3) is 5.91 Å². The van der Waals surface area contributed by atoms with E-state index < -0.39 is 18.4 Å². The Morgan fingerprint density at radius 1 is 1.22 bits per heavy atom. The molecule has 3 rings (SSSR count). The summed E-state index contributed by atoms with van der Waals surface area (Å²) in [6, 6.07) is 12.1. The van der Waals surface area contributed by atoms with Gasteiger partial charge in [-0.05, 0) is 42.0 Å². The number of amides is 2. The normalized spacial score (nSPS) is 16.7. The van der Waals surface area contributed by atoms with Crippen LogP contribution in [0.3, 0.4) is 0 Å². The maximum atomic E-state index is 13.1. The molecule has 0 aliphatic carbocycles. The number of nitrogens with one attached hydrogen (secondary N) is 1. The van der Waals surface area contributed by atoms with Gasteiger partial charge >= 0.3 is 6.43 Å². The van der Waals surface area contributed by atoms with Crippen LogP contribution in [0.25, 0.3) is 0 Å². The Morgan fingerprint density at radius 2 is 1.96 bits per heavy atom. The highest BCUT2D eigenvalue weighted by atomic mass is 19.3. The predicted octanol–water partition coefficient (Wildman–Crippen LogP) is 2.89. The molecule has 1 atom stereocenters. The van der Waals surface area contributed by atoms with Crippen molar-refractivity contribution >= 4 is 17.5 Å². The zero-order valence-corrected chi connectivity index (χ0v) is 14.2. The third-order valence-electron chi connectivity index (χ3n) is 4.11. The minimum absolute atomic E-state index is 0.0315. The molecule has 5 nitrogen and oxygen atoms in total. The molecule has 8 heteroatoms. The number of ether oxygens (including phenoxy) is 1. The summed E-state index contributed by atoms with van der Waals surface area (Å²) in [6.07, 6.45) is -3.14. The second kappa shape index (κ2) is 8.11. The lowest BCUT2D eigenvalue weighted by atomic mass is 10.2. The summed E-state index contributed by atoms with van der Waals surface area (Å²) in [4.78, 5) is 24.6. The molecule has 0 bridgehead atoms. The fourth-order valence-electron chi connectivity index (χ4n) is 2.83. The molecule has 0 aromatic heterocycles. The minimum Gasteiger partial charge on any atom is -0.489 e. The van der Waals surface area contributed by atoms with Gasteiger partial charge in [-0.3, -0.25) is 9.59 Å². The van der Waals surface area contributed by atoms with Crippen molar-refractivity contribution in [2.45, 2.75) is 25.5 Å². The average molecular weight is 378 g/mol. The van der Waals surface area contributed by atoms with Crippen LogP contribution in [0.1, 0.15) is 12.0 Å². The van der Waals surface area contributed by atoms with Crippen LogP contribution in [-0.4, -0.2) is 30.8 Å². The van der Waals surface area contributed by atoms with Gasteiger partial charge < -0.3 is 15.0 Å². The first-order chi connectivity index (χ1) is 12.9. The predicted molar refractivity (Wildman–Crippen MR) is 92.1 cm³/mol.